The van der Waals surface area contributed by atoms with Gasteiger partial charge in [0, 0.05) is 21.0 Å². The van der Waals surface area contributed by atoms with Crippen molar-refractivity contribution in [3.05, 3.63) is 0 Å². The molecule has 6 unspecified atom stereocenters. The molecule has 0 saturated carbocycles. The Hall–Kier alpha value is -1.38. The summed E-state index contributed by atoms with van der Waals surface area (Å²) in [5.41, 5.74) is 0. The fourth-order valence-corrected chi connectivity index (χ4v) is 3.91. The zero-order valence-electron chi connectivity index (χ0n) is 17.4. The highest BCUT2D eigenvalue weighted by molar-refractivity contribution is 5.73. The van der Waals surface area contributed by atoms with Gasteiger partial charge in [0.2, 0.25) is 11.8 Å². The summed E-state index contributed by atoms with van der Waals surface area (Å²) in [5, 5.41) is 45.9. The maximum atomic E-state index is 11.7. The Morgan fingerprint density at radius 1 is 0.900 bits per heavy atom. The van der Waals surface area contributed by atoms with Crippen LogP contribution in [0.25, 0.3) is 0 Å². The first-order valence-corrected chi connectivity index (χ1v) is 9.75. The second-order valence-corrected chi connectivity index (χ2v) is 7.52. The van der Waals surface area contributed by atoms with Crippen molar-refractivity contribution in [3.63, 3.8) is 0 Å². The minimum atomic E-state index is -1.31. The van der Waals surface area contributed by atoms with Gasteiger partial charge in [-0.05, 0) is 6.92 Å². The molecule has 0 spiro atoms. The summed E-state index contributed by atoms with van der Waals surface area (Å²) in [6, 6.07) is -1.93. The fraction of sp³-hybridized carbons (Fsp3) is 0.889. The monoisotopic (exact) mass is 436 g/mol. The van der Waals surface area contributed by atoms with E-state index >= 15 is 0 Å². The Labute approximate surface area is 174 Å². The van der Waals surface area contributed by atoms with E-state index in [4.69, 9.17) is 18.9 Å². The lowest BCUT2D eigenvalue weighted by molar-refractivity contribution is -0.315. The number of nitrogens with one attached hydrogen (secondary N) is 2. The van der Waals surface area contributed by atoms with Gasteiger partial charge in [-0.25, -0.2) is 0 Å². The second kappa shape index (κ2) is 10.8. The van der Waals surface area contributed by atoms with Crippen molar-refractivity contribution < 1.29 is 49.0 Å². The highest BCUT2D eigenvalue weighted by atomic mass is 16.7. The van der Waals surface area contributed by atoms with E-state index < -0.39 is 80.2 Å². The number of hydrogen-bond acceptors (Lipinski definition) is 10. The zero-order valence-corrected chi connectivity index (χ0v) is 17.4. The van der Waals surface area contributed by atoms with Gasteiger partial charge < -0.3 is 50.0 Å². The van der Waals surface area contributed by atoms with Crippen LogP contribution in [0.3, 0.4) is 0 Å². The van der Waals surface area contributed by atoms with E-state index in [0.29, 0.717) is 0 Å². The molecular weight excluding hydrogens is 404 g/mol. The van der Waals surface area contributed by atoms with Crippen molar-refractivity contribution in [2.75, 3.05) is 20.3 Å². The molecule has 2 aliphatic rings. The second-order valence-electron chi connectivity index (χ2n) is 7.52. The lowest BCUT2D eigenvalue weighted by Crippen LogP contribution is -2.69. The Morgan fingerprint density at radius 3 is 1.90 bits per heavy atom. The number of carbonyl (C=O) groups excluding carboxylic acids is 2. The summed E-state index contributed by atoms with van der Waals surface area (Å²) in [6.45, 7) is 3.17. The van der Waals surface area contributed by atoms with Crippen LogP contribution in [0.2, 0.25) is 0 Å². The van der Waals surface area contributed by atoms with E-state index in [1.165, 1.54) is 21.0 Å². The third-order valence-corrected chi connectivity index (χ3v) is 5.30. The molecule has 6 N–H and O–H groups in total. The number of rotatable bonds is 7. The molecule has 2 heterocycles. The SMILES string of the molecule is CO[C@H]1C(CO)O[C@@H](O[C@@H]2C(CO)OC(C)C(NC(C)=O)C2O)C(NC(C)=O)[C@H]1O. The third kappa shape index (κ3) is 5.45. The first-order valence-electron chi connectivity index (χ1n) is 9.75. The summed E-state index contributed by atoms with van der Waals surface area (Å²) in [5.74, 6) is -0.864. The molecule has 174 valence electrons. The number of methoxy groups -OCH3 is 1. The van der Waals surface area contributed by atoms with Gasteiger partial charge >= 0.3 is 0 Å². The largest absolute Gasteiger partial charge is 0.394 e. The molecule has 0 bridgehead atoms. The highest BCUT2D eigenvalue weighted by Crippen LogP contribution is 2.30. The molecular formula is C18H32N2O10. The molecule has 0 aromatic rings. The van der Waals surface area contributed by atoms with Gasteiger partial charge in [-0.2, -0.15) is 0 Å². The number of amides is 2. The molecule has 2 rings (SSSR count). The lowest BCUT2D eigenvalue weighted by Gasteiger charge is -2.48. The Morgan fingerprint density at radius 2 is 1.40 bits per heavy atom. The predicted octanol–water partition coefficient (Wildman–Crippen LogP) is -3.39. The Kier molecular flexibility index (Phi) is 8.94. The third-order valence-electron chi connectivity index (χ3n) is 5.30. The van der Waals surface area contributed by atoms with E-state index in [1.807, 2.05) is 0 Å². The first-order chi connectivity index (χ1) is 14.1. The lowest BCUT2D eigenvalue weighted by atomic mass is 9.92. The van der Waals surface area contributed by atoms with Crippen molar-refractivity contribution in [3.8, 4) is 0 Å². The van der Waals surface area contributed by atoms with Crippen LogP contribution in [-0.4, -0.2) is 114 Å². The minimum absolute atomic E-state index is 0.389. The van der Waals surface area contributed by atoms with Gasteiger partial charge in [0.25, 0.3) is 0 Å². The summed E-state index contributed by atoms with van der Waals surface area (Å²) in [6.07, 6.45) is -8.57. The van der Waals surface area contributed by atoms with Crippen molar-refractivity contribution in [1.29, 1.82) is 0 Å². The molecule has 0 aromatic heterocycles. The number of hydrogen-bond donors (Lipinski definition) is 6. The topological polar surface area (TPSA) is 176 Å². The summed E-state index contributed by atoms with van der Waals surface area (Å²) < 4.78 is 22.4. The molecule has 2 amide bonds. The molecule has 10 atom stereocenters. The molecule has 12 heteroatoms. The Balaban J connectivity index is 2.28. The molecule has 2 aliphatic heterocycles. The van der Waals surface area contributed by atoms with Crippen molar-refractivity contribution in [2.24, 2.45) is 0 Å². The molecule has 30 heavy (non-hydrogen) atoms. The van der Waals surface area contributed by atoms with Gasteiger partial charge in [0.15, 0.2) is 6.29 Å². The standard InChI is InChI=1S/C18H32N2O10/c1-7-12(19-8(2)23)14(25)17(11(6-22)28-7)30-18-13(20-9(3)24)15(26)16(27-4)10(5-21)29-18/h7,10-18,21-22,25-26H,5-6H2,1-4H3,(H,19,23)(H,20,24)/t7?,10?,11?,12?,13?,14?,15-,16+,17-,18+/m1/s1. The van der Waals surface area contributed by atoms with Crippen LogP contribution in [0.4, 0.5) is 0 Å². The van der Waals surface area contributed by atoms with Gasteiger partial charge in [0.05, 0.1) is 25.4 Å². The molecule has 0 radical (unpaired) electrons. The van der Waals surface area contributed by atoms with Crippen LogP contribution in [0.15, 0.2) is 0 Å². The summed E-state index contributed by atoms with van der Waals surface area (Å²) >= 11 is 0. The molecule has 0 aliphatic carbocycles. The number of aliphatic hydroxyl groups is 4. The van der Waals surface area contributed by atoms with E-state index in [0.717, 1.165) is 0 Å². The quantitative estimate of drug-likeness (QED) is 0.236. The van der Waals surface area contributed by atoms with Crippen LogP contribution in [0.5, 0.6) is 0 Å². The normalized spacial score (nSPS) is 41.9. The molecule has 2 saturated heterocycles. The van der Waals surface area contributed by atoms with E-state index in [1.54, 1.807) is 6.92 Å². The van der Waals surface area contributed by atoms with Gasteiger partial charge in [-0.15, -0.1) is 0 Å². The van der Waals surface area contributed by atoms with Crippen molar-refractivity contribution in [1.82, 2.24) is 10.6 Å². The predicted molar refractivity (Wildman–Crippen MR) is 100 cm³/mol. The molecule has 12 nitrogen and oxygen atoms in total. The molecule has 2 fully saturated rings. The minimum Gasteiger partial charge on any atom is -0.394 e. The van der Waals surface area contributed by atoms with Crippen LogP contribution < -0.4 is 10.6 Å². The average molecular weight is 436 g/mol. The van der Waals surface area contributed by atoms with Crippen LogP contribution in [0, 0.1) is 0 Å². The van der Waals surface area contributed by atoms with Gasteiger partial charge in [-0.3, -0.25) is 9.59 Å². The Bertz CT molecular complexity index is 593. The number of aliphatic hydroxyl groups excluding tert-OH is 4. The fourth-order valence-electron chi connectivity index (χ4n) is 3.91. The van der Waals surface area contributed by atoms with Gasteiger partial charge in [-0.1, -0.05) is 0 Å². The number of ether oxygens (including phenoxy) is 4. The van der Waals surface area contributed by atoms with Crippen molar-refractivity contribution in [2.45, 2.75) is 81.9 Å². The van der Waals surface area contributed by atoms with E-state index in [-0.39, 0.29) is 5.91 Å². The van der Waals surface area contributed by atoms with Crippen LogP contribution in [-0.2, 0) is 28.5 Å². The van der Waals surface area contributed by atoms with Crippen LogP contribution in [0.1, 0.15) is 20.8 Å². The van der Waals surface area contributed by atoms with E-state index in [9.17, 15) is 30.0 Å². The van der Waals surface area contributed by atoms with E-state index in [2.05, 4.69) is 10.6 Å². The zero-order chi connectivity index (χ0) is 22.6. The average Bonchev–Trinajstić information content (AvgIpc) is 2.68. The smallest absolute Gasteiger partial charge is 0.217 e. The summed E-state index contributed by atoms with van der Waals surface area (Å²) in [4.78, 5) is 23.2. The maximum absolute atomic E-state index is 11.7. The highest BCUT2D eigenvalue weighted by Gasteiger charge is 2.51. The maximum Gasteiger partial charge on any atom is 0.217 e. The first kappa shape index (κ1) is 24.9. The number of carbonyl (C=O) groups is 2. The van der Waals surface area contributed by atoms with Crippen molar-refractivity contribution >= 4 is 11.8 Å². The van der Waals surface area contributed by atoms with Gasteiger partial charge in [0.1, 0.15) is 42.7 Å². The molecule has 0 aromatic carbocycles. The van der Waals surface area contributed by atoms with Crippen LogP contribution >= 0.6 is 0 Å². The summed E-state index contributed by atoms with van der Waals surface area (Å²) in [7, 11) is 1.33.